The molecule has 0 atom stereocenters. The zero-order valence-electron chi connectivity index (χ0n) is 10.1. The normalized spacial score (nSPS) is 10.8. The van der Waals surface area contributed by atoms with E-state index in [0.29, 0.717) is 16.8 Å². The molecule has 1 N–H and O–H groups in total. The van der Waals surface area contributed by atoms with Crippen molar-refractivity contribution in [2.45, 2.75) is 6.42 Å². The minimum Gasteiger partial charge on any atom is -0.267 e. The van der Waals surface area contributed by atoms with Crippen LogP contribution in [-0.2, 0) is 6.42 Å². The predicted octanol–water partition coefficient (Wildman–Crippen LogP) is 3.17. The average molecular weight is 271 g/mol. The highest BCUT2D eigenvalue weighted by molar-refractivity contribution is 6.35. The van der Waals surface area contributed by atoms with Gasteiger partial charge < -0.3 is 0 Å². The second-order valence-electron chi connectivity index (χ2n) is 4.32. The van der Waals surface area contributed by atoms with Gasteiger partial charge in [0.15, 0.2) is 0 Å². The fraction of sp³-hybridized carbons (Fsp3) is 0.0667. The molecule has 94 valence electrons. The minimum absolute atomic E-state index is 0.252. The number of benzene rings is 2. The lowest BCUT2D eigenvalue weighted by Gasteiger charge is -2.06. The highest BCUT2D eigenvalue weighted by Gasteiger charge is 2.09. The first-order valence-electron chi connectivity index (χ1n) is 5.95. The summed E-state index contributed by atoms with van der Waals surface area (Å²) in [6.07, 6.45) is 0.661. The van der Waals surface area contributed by atoms with Crippen molar-refractivity contribution in [3.8, 4) is 0 Å². The standard InChI is InChI=1S/C15H11ClN2O/c16-12-8-4-7-11-13(17-18-15(19)14(11)12)9-10-5-2-1-3-6-10/h1-8H,9H2,(H,18,19). The molecule has 3 aromatic rings. The molecule has 3 rings (SSSR count). The molecule has 19 heavy (non-hydrogen) atoms. The molecule has 1 heterocycles. The number of H-pyrrole nitrogens is 1. The van der Waals surface area contributed by atoms with E-state index < -0.39 is 0 Å². The number of hydrogen-bond acceptors (Lipinski definition) is 2. The molecular formula is C15H11ClN2O. The summed E-state index contributed by atoms with van der Waals surface area (Å²) in [5, 5.41) is 8.43. The molecule has 0 saturated heterocycles. The second kappa shape index (κ2) is 4.86. The minimum atomic E-state index is -0.252. The Labute approximate surface area is 114 Å². The maximum atomic E-state index is 11.8. The van der Waals surface area contributed by atoms with E-state index in [9.17, 15) is 4.79 Å². The molecule has 0 aliphatic heterocycles. The topological polar surface area (TPSA) is 45.8 Å². The quantitative estimate of drug-likeness (QED) is 0.777. The second-order valence-corrected chi connectivity index (χ2v) is 4.73. The molecule has 4 heteroatoms. The zero-order valence-corrected chi connectivity index (χ0v) is 10.8. The molecule has 0 spiro atoms. The molecule has 0 fully saturated rings. The van der Waals surface area contributed by atoms with Crippen LogP contribution >= 0.6 is 11.6 Å². The summed E-state index contributed by atoms with van der Waals surface area (Å²) in [5.74, 6) is 0. The van der Waals surface area contributed by atoms with Gasteiger partial charge in [0.2, 0.25) is 0 Å². The average Bonchev–Trinajstić information content (AvgIpc) is 2.43. The Morgan fingerprint density at radius 1 is 1.05 bits per heavy atom. The smallest absolute Gasteiger partial charge is 0.267 e. The van der Waals surface area contributed by atoms with Crippen molar-refractivity contribution in [2.75, 3.05) is 0 Å². The van der Waals surface area contributed by atoms with Crippen LogP contribution < -0.4 is 5.56 Å². The van der Waals surface area contributed by atoms with Crippen LogP contribution in [-0.4, -0.2) is 10.2 Å². The van der Waals surface area contributed by atoms with Crippen LogP contribution in [0.4, 0.5) is 0 Å². The van der Waals surface area contributed by atoms with Crippen LogP contribution in [0.15, 0.2) is 53.3 Å². The molecule has 0 unspecified atom stereocenters. The van der Waals surface area contributed by atoms with Gasteiger partial charge in [-0.3, -0.25) is 4.79 Å². The van der Waals surface area contributed by atoms with Gasteiger partial charge >= 0.3 is 0 Å². The Morgan fingerprint density at radius 2 is 1.84 bits per heavy atom. The predicted molar refractivity (Wildman–Crippen MR) is 76.6 cm³/mol. The third-order valence-electron chi connectivity index (χ3n) is 3.06. The van der Waals surface area contributed by atoms with Gasteiger partial charge in [0.25, 0.3) is 5.56 Å². The molecule has 0 amide bonds. The lowest BCUT2D eigenvalue weighted by Crippen LogP contribution is -2.11. The van der Waals surface area contributed by atoms with Crippen LogP contribution in [0.5, 0.6) is 0 Å². The fourth-order valence-electron chi connectivity index (χ4n) is 2.15. The number of hydrogen-bond donors (Lipinski definition) is 1. The Bertz CT molecular complexity index is 781. The summed E-state index contributed by atoms with van der Waals surface area (Å²) in [7, 11) is 0. The molecule has 0 aliphatic carbocycles. The molecular weight excluding hydrogens is 260 g/mol. The summed E-state index contributed by atoms with van der Waals surface area (Å²) in [5.41, 5.74) is 1.71. The van der Waals surface area contributed by atoms with Gasteiger partial charge in [0.1, 0.15) is 0 Å². The first-order valence-corrected chi connectivity index (χ1v) is 6.33. The molecule has 2 aromatic carbocycles. The lowest BCUT2D eigenvalue weighted by atomic mass is 10.0. The van der Waals surface area contributed by atoms with Gasteiger partial charge in [0.05, 0.1) is 16.1 Å². The van der Waals surface area contributed by atoms with Gasteiger partial charge in [-0.05, 0) is 11.6 Å². The van der Waals surface area contributed by atoms with Gasteiger partial charge in [-0.15, -0.1) is 0 Å². The van der Waals surface area contributed by atoms with Crippen molar-refractivity contribution >= 4 is 22.4 Å². The molecule has 0 aliphatic rings. The Morgan fingerprint density at radius 3 is 2.63 bits per heavy atom. The van der Waals surface area contributed by atoms with Crippen molar-refractivity contribution in [2.24, 2.45) is 0 Å². The number of halogens is 1. The van der Waals surface area contributed by atoms with Crippen molar-refractivity contribution < 1.29 is 0 Å². The number of aromatic nitrogens is 2. The van der Waals surface area contributed by atoms with Gasteiger partial charge in [-0.2, -0.15) is 5.10 Å². The van der Waals surface area contributed by atoms with Crippen molar-refractivity contribution in [3.05, 3.63) is 75.2 Å². The highest BCUT2D eigenvalue weighted by Crippen LogP contribution is 2.22. The number of nitrogens with zero attached hydrogens (tertiary/aromatic N) is 1. The van der Waals surface area contributed by atoms with Crippen molar-refractivity contribution in [1.82, 2.24) is 10.2 Å². The lowest BCUT2D eigenvalue weighted by molar-refractivity contribution is 0.934. The molecule has 0 saturated carbocycles. The zero-order chi connectivity index (χ0) is 13.2. The van der Waals surface area contributed by atoms with E-state index in [1.54, 1.807) is 6.07 Å². The largest absolute Gasteiger partial charge is 0.273 e. The highest BCUT2D eigenvalue weighted by atomic mass is 35.5. The van der Waals surface area contributed by atoms with Crippen molar-refractivity contribution in [1.29, 1.82) is 0 Å². The van der Waals surface area contributed by atoms with E-state index in [1.807, 2.05) is 42.5 Å². The van der Waals surface area contributed by atoms with E-state index in [4.69, 9.17) is 11.6 Å². The number of fused-ring (bicyclic) bond motifs is 1. The first kappa shape index (κ1) is 11.9. The summed E-state index contributed by atoms with van der Waals surface area (Å²) in [6, 6.07) is 15.4. The number of aromatic amines is 1. The first-order chi connectivity index (χ1) is 9.25. The van der Waals surface area contributed by atoms with Crippen LogP contribution in [0.1, 0.15) is 11.3 Å². The molecule has 3 nitrogen and oxygen atoms in total. The van der Waals surface area contributed by atoms with E-state index in [1.165, 1.54) is 0 Å². The van der Waals surface area contributed by atoms with Crippen molar-refractivity contribution in [3.63, 3.8) is 0 Å². The Balaban J connectivity index is 2.18. The Kier molecular flexibility index (Phi) is 3.05. The molecule has 0 radical (unpaired) electrons. The summed E-state index contributed by atoms with van der Waals surface area (Å²) >= 11 is 6.09. The van der Waals surface area contributed by atoms with Crippen LogP contribution in [0.2, 0.25) is 5.02 Å². The maximum Gasteiger partial charge on any atom is 0.273 e. The monoisotopic (exact) mass is 270 g/mol. The molecule has 0 bridgehead atoms. The third-order valence-corrected chi connectivity index (χ3v) is 3.37. The molecule has 1 aromatic heterocycles. The van der Waals surface area contributed by atoms with Gasteiger partial charge in [-0.25, -0.2) is 5.10 Å². The Hall–Kier alpha value is -2.13. The third kappa shape index (κ3) is 2.25. The van der Waals surface area contributed by atoms with Gasteiger partial charge in [-0.1, -0.05) is 54.1 Å². The SMILES string of the molecule is O=c1[nH]nc(Cc2ccccc2)c2cccc(Cl)c12. The van der Waals surface area contributed by atoms with E-state index in [2.05, 4.69) is 10.2 Å². The van der Waals surface area contributed by atoms with Crippen LogP contribution in [0.25, 0.3) is 10.8 Å². The van der Waals surface area contributed by atoms with Gasteiger partial charge in [0, 0.05) is 11.8 Å². The fourth-order valence-corrected chi connectivity index (χ4v) is 2.41. The summed E-state index contributed by atoms with van der Waals surface area (Å²) in [4.78, 5) is 11.8. The van der Waals surface area contributed by atoms with E-state index in [0.717, 1.165) is 16.6 Å². The van der Waals surface area contributed by atoms with Crippen LogP contribution in [0, 0.1) is 0 Å². The maximum absolute atomic E-state index is 11.8. The summed E-state index contributed by atoms with van der Waals surface area (Å²) in [6.45, 7) is 0. The number of rotatable bonds is 2. The number of nitrogens with one attached hydrogen (secondary N) is 1. The van der Waals surface area contributed by atoms with E-state index in [-0.39, 0.29) is 5.56 Å². The van der Waals surface area contributed by atoms with Crippen LogP contribution in [0.3, 0.4) is 0 Å². The summed E-state index contributed by atoms with van der Waals surface area (Å²) < 4.78 is 0. The van der Waals surface area contributed by atoms with E-state index >= 15 is 0 Å².